The summed E-state index contributed by atoms with van der Waals surface area (Å²) in [6.07, 6.45) is 1.79. The molecule has 30 heavy (non-hydrogen) atoms. The van der Waals surface area contributed by atoms with Crippen molar-refractivity contribution in [2.45, 2.75) is 17.8 Å². The molecule has 7 heteroatoms. The van der Waals surface area contributed by atoms with Crippen molar-refractivity contribution in [3.05, 3.63) is 100 Å². The first kappa shape index (κ1) is 20.4. The van der Waals surface area contributed by atoms with Crippen LogP contribution in [0.15, 0.2) is 93.6 Å². The minimum absolute atomic E-state index is 0.737. The van der Waals surface area contributed by atoms with E-state index in [2.05, 4.69) is 43.4 Å². The Morgan fingerprint density at radius 2 is 1.73 bits per heavy atom. The number of thioether (sulfide) groups is 1. The number of nitrogens with zero attached hydrogens (tertiary/aromatic N) is 4. The smallest absolute Gasteiger partial charge is 0.212 e. The highest BCUT2D eigenvalue weighted by Crippen LogP contribution is 2.24. The number of para-hydroxylation sites is 1. The number of rotatable bonds is 7. The number of aryl methyl sites for hydroxylation is 1. The summed E-state index contributed by atoms with van der Waals surface area (Å²) in [6.45, 7) is 1.89. The number of aromatic nitrogens is 3. The number of ether oxygens (including phenoxy) is 1. The molecule has 0 radical (unpaired) electrons. The predicted molar refractivity (Wildman–Crippen MR) is 124 cm³/mol. The topological polar surface area (TPSA) is 52.3 Å². The molecule has 4 rings (SSSR count). The first-order valence-corrected chi connectivity index (χ1v) is 11.1. The van der Waals surface area contributed by atoms with Gasteiger partial charge in [0.2, 0.25) is 5.16 Å². The molecule has 150 valence electrons. The molecular formula is C23H19BrN4OS. The molecule has 1 aromatic heterocycles. The van der Waals surface area contributed by atoms with Gasteiger partial charge in [0.1, 0.15) is 11.5 Å². The van der Waals surface area contributed by atoms with Gasteiger partial charge in [-0.3, -0.25) is 0 Å². The van der Waals surface area contributed by atoms with Gasteiger partial charge in [-0.15, -0.1) is 10.2 Å². The number of hydrogen-bond acceptors (Lipinski definition) is 5. The summed E-state index contributed by atoms with van der Waals surface area (Å²) in [5.74, 6) is 3.09. The Morgan fingerprint density at radius 1 is 0.967 bits per heavy atom. The van der Waals surface area contributed by atoms with Crippen LogP contribution in [0.3, 0.4) is 0 Å². The first-order valence-electron chi connectivity index (χ1n) is 9.34. The van der Waals surface area contributed by atoms with E-state index in [0.717, 1.165) is 38.3 Å². The molecule has 0 unspecified atom stereocenters. The molecule has 0 aliphatic heterocycles. The zero-order valence-corrected chi connectivity index (χ0v) is 18.7. The lowest BCUT2D eigenvalue weighted by Gasteiger charge is -2.06. The van der Waals surface area contributed by atoms with Gasteiger partial charge >= 0.3 is 0 Å². The van der Waals surface area contributed by atoms with Crippen molar-refractivity contribution >= 4 is 33.9 Å². The molecule has 0 saturated carbocycles. The Morgan fingerprint density at radius 3 is 2.53 bits per heavy atom. The molecule has 0 fully saturated rings. The van der Waals surface area contributed by atoms with Crippen LogP contribution in [0.5, 0.6) is 11.5 Å². The Hall–Kier alpha value is -2.90. The second kappa shape index (κ2) is 9.73. The van der Waals surface area contributed by atoms with E-state index in [1.165, 1.54) is 5.56 Å². The Kier molecular flexibility index (Phi) is 6.61. The summed E-state index contributed by atoms with van der Waals surface area (Å²) < 4.78 is 8.72. The van der Waals surface area contributed by atoms with E-state index < -0.39 is 0 Å². The fourth-order valence-corrected chi connectivity index (χ4v) is 3.85. The number of benzene rings is 3. The third-order valence-electron chi connectivity index (χ3n) is 4.21. The van der Waals surface area contributed by atoms with E-state index in [-0.39, 0.29) is 0 Å². The van der Waals surface area contributed by atoms with E-state index >= 15 is 0 Å². The van der Waals surface area contributed by atoms with Crippen molar-refractivity contribution < 1.29 is 4.74 Å². The van der Waals surface area contributed by atoms with Crippen molar-refractivity contribution in [1.82, 2.24) is 14.9 Å². The van der Waals surface area contributed by atoms with Crippen LogP contribution in [0.4, 0.5) is 0 Å². The van der Waals surface area contributed by atoms with Crippen LogP contribution in [0.2, 0.25) is 0 Å². The zero-order chi connectivity index (χ0) is 20.8. The maximum absolute atomic E-state index is 5.90. The van der Waals surface area contributed by atoms with E-state index in [1.54, 1.807) is 22.7 Å². The highest BCUT2D eigenvalue weighted by Gasteiger charge is 2.09. The van der Waals surface area contributed by atoms with Crippen molar-refractivity contribution in [2.24, 2.45) is 5.10 Å². The van der Waals surface area contributed by atoms with Crippen molar-refractivity contribution in [1.29, 1.82) is 0 Å². The Balaban J connectivity index is 1.47. The lowest BCUT2D eigenvalue weighted by atomic mass is 10.2. The molecule has 0 aliphatic carbocycles. The fraction of sp³-hybridized carbons (Fsp3) is 0.0870. The SMILES string of the molecule is Cc1nnc(SCc2ccc(Br)cc2)n1/N=C\c1cccc(Oc2ccccc2)c1. The molecule has 3 aromatic carbocycles. The lowest BCUT2D eigenvalue weighted by Crippen LogP contribution is -1.96. The van der Waals surface area contributed by atoms with Gasteiger partial charge in [-0.1, -0.05) is 70.2 Å². The summed E-state index contributed by atoms with van der Waals surface area (Å²) in [4.78, 5) is 0. The Labute approximate surface area is 187 Å². The molecule has 0 atom stereocenters. The van der Waals surface area contributed by atoms with Crippen LogP contribution in [0.25, 0.3) is 0 Å². The van der Waals surface area contributed by atoms with Crippen molar-refractivity contribution in [3.63, 3.8) is 0 Å². The van der Waals surface area contributed by atoms with Crippen molar-refractivity contribution in [2.75, 3.05) is 0 Å². The molecule has 0 amide bonds. The average molecular weight is 479 g/mol. The quantitative estimate of drug-likeness (QED) is 0.230. The van der Waals surface area contributed by atoms with Crippen LogP contribution < -0.4 is 4.74 Å². The lowest BCUT2D eigenvalue weighted by molar-refractivity contribution is 0.482. The van der Waals surface area contributed by atoms with E-state index in [9.17, 15) is 0 Å². The standard InChI is InChI=1S/C23H19BrN4OS/c1-17-26-27-23(30-16-18-10-12-20(24)13-11-18)28(17)25-15-19-6-5-9-22(14-19)29-21-7-3-2-4-8-21/h2-15H,16H2,1H3/b25-15-. The van der Waals surface area contributed by atoms with Gasteiger partial charge < -0.3 is 4.74 Å². The second-order valence-electron chi connectivity index (χ2n) is 6.49. The van der Waals surface area contributed by atoms with Crippen molar-refractivity contribution in [3.8, 4) is 11.5 Å². The average Bonchev–Trinajstić information content (AvgIpc) is 3.12. The first-order chi connectivity index (χ1) is 14.7. The van der Waals surface area contributed by atoms with Gasteiger partial charge in [-0.05, 0) is 54.4 Å². The summed E-state index contributed by atoms with van der Waals surface area (Å²) in [7, 11) is 0. The van der Waals surface area contributed by atoms with Crippen LogP contribution in [-0.4, -0.2) is 21.1 Å². The van der Waals surface area contributed by atoms with Crippen LogP contribution in [0.1, 0.15) is 17.0 Å². The molecule has 0 bridgehead atoms. The number of halogens is 1. The molecule has 0 N–H and O–H groups in total. The van der Waals surface area contributed by atoms with Crippen LogP contribution in [-0.2, 0) is 5.75 Å². The third-order valence-corrected chi connectivity index (χ3v) is 5.73. The van der Waals surface area contributed by atoms with Gasteiger partial charge in [-0.2, -0.15) is 9.78 Å². The largest absolute Gasteiger partial charge is 0.457 e. The van der Waals surface area contributed by atoms with Gasteiger partial charge in [0.05, 0.1) is 6.21 Å². The van der Waals surface area contributed by atoms with Gasteiger partial charge in [0.15, 0.2) is 5.82 Å². The molecule has 0 spiro atoms. The minimum atomic E-state index is 0.737. The van der Waals surface area contributed by atoms with Crippen LogP contribution in [0, 0.1) is 6.92 Å². The molecule has 0 saturated heterocycles. The minimum Gasteiger partial charge on any atom is -0.457 e. The molecule has 0 aliphatic rings. The monoisotopic (exact) mass is 478 g/mol. The molecule has 1 heterocycles. The summed E-state index contributed by atoms with van der Waals surface area (Å²) in [6, 6.07) is 25.8. The second-order valence-corrected chi connectivity index (χ2v) is 8.35. The summed E-state index contributed by atoms with van der Waals surface area (Å²) in [5, 5.41) is 13.8. The number of hydrogen-bond donors (Lipinski definition) is 0. The predicted octanol–water partition coefficient (Wildman–Crippen LogP) is 6.32. The normalized spacial score (nSPS) is 11.1. The van der Waals surface area contributed by atoms with E-state index in [0.29, 0.717) is 0 Å². The summed E-state index contributed by atoms with van der Waals surface area (Å²) in [5.41, 5.74) is 2.14. The highest BCUT2D eigenvalue weighted by atomic mass is 79.9. The summed E-state index contributed by atoms with van der Waals surface area (Å²) >= 11 is 5.06. The van der Waals surface area contributed by atoms with E-state index in [4.69, 9.17) is 4.74 Å². The van der Waals surface area contributed by atoms with Gasteiger partial charge in [-0.25, -0.2) is 0 Å². The van der Waals surface area contributed by atoms with Crippen LogP contribution >= 0.6 is 27.7 Å². The van der Waals surface area contributed by atoms with Gasteiger partial charge in [0, 0.05) is 10.2 Å². The molecule has 4 aromatic rings. The molecule has 5 nitrogen and oxygen atoms in total. The molecular weight excluding hydrogens is 460 g/mol. The van der Waals surface area contributed by atoms with E-state index in [1.807, 2.05) is 73.7 Å². The fourth-order valence-electron chi connectivity index (χ4n) is 2.70. The third kappa shape index (κ3) is 5.37. The van der Waals surface area contributed by atoms with Gasteiger partial charge in [0.25, 0.3) is 0 Å². The zero-order valence-electron chi connectivity index (χ0n) is 16.3. The maximum Gasteiger partial charge on any atom is 0.212 e. The maximum atomic E-state index is 5.90. The Bertz CT molecular complexity index is 1140. The highest BCUT2D eigenvalue weighted by molar-refractivity contribution is 9.10.